The van der Waals surface area contributed by atoms with Gasteiger partial charge in [-0.05, 0) is 24.1 Å². The Hall–Kier alpha value is -0.630. The molecule has 0 saturated heterocycles. The summed E-state index contributed by atoms with van der Waals surface area (Å²) in [6.07, 6.45) is 1.12. The van der Waals surface area contributed by atoms with E-state index >= 15 is 0 Å². The molecule has 2 heteroatoms. The topological polar surface area (TPSA) is 12.0 Å². The summed E-state index contributed by atoms with van der Waals surface area (Å²) in [7, 11) is 0. The maximum atomic E-state index is 3.42. The number of nitrogens with one attached hydrogen (secondary N) is 1. The fraction of sp³-hybridized carbons (Fsp3) is 0.400. The quantitative estimate of drug-likeness (QED) is 0.711. The number of anilines is 1. The van der Waals surface area contributed by atoms with Crippen LogP contribution in [0, 0.1) is 0 Å². The lowest BCUT2D eigenvalue weighted by Crippen LogP contribution is -2.10. The first kappa shape index (κ1) is 7.99. The number of benzene rings is 1. The van der Waals surface area contributed by atoms with E-state index in [4.69, 9.17) is 0 Å². The normalized spacial score (nSPS) is 15.1. The first-order chi connectivity index (χ1) is 5.90. The van der Waals surface area contributed by atoms with E-state index < -0.39 is 0 Å². The van der Waals surface area contributed by atoms with E-state index in [9.17, 15) is 0 Å². The van der Waals surface area contributed by atoms with Crippen molar-refractivity contribution in [2.45, 2.75) is 18.2 Å². The number of aryl methyl sites for hydroxylation is 1. The average molecular weight is 179 g/mol. The smallest absolute Gasteiger partial charge is 0.0481 e. The van der Waals surface area contributed by atoms with Crippen molar-refractivity contribution in [3.8, 4) is 0 Å². The van der Waals surface area contributed by atoms with Gasteiger partial charge in [-0.3, -0.25) is 0 Å². The molecular formula is C10H13NS. The molecule has 0 fully saturated rings. The lowest BCUT2D eigenvalue weighted by atomic mass is 10.1. The van der Waals surface area contributed by atoms with E-state index in [0.717, 1.165) is 13.0 Å². The Kier molecular flexibility index (Phi) is 2.26. The van der Waals surface area contributed by atoms with Crippen LogP contribution in [-0.2, 0) is 6.42 Å². The largest absolute Gasteiger partial charge is 0.383 e. The molecule has 0 spiro atoms. The molecule has 1 aromatic carbocycles. The van der Waals surface area contributed by atoms with Gasteiger partial charge in [0.2, 0.25) is 0 Å². The van der Waals surface area contributed by atoms with Crippen molar-refractivity contribution in [3.63, 3.8) is 0 Å². The summed E-state index contributed by atoms with van der Waals surface area (Å²) in [5.41, 5.74) is 2.74. The van der Waals surface area contributed by atoms with Gasteiger partial charge in [0.15, 0.2) is 0 Å². The Morgan fingerprint density at radius 2 is 2.42 bits per heavy atom. The van der Waals surface area contributed by atoms with Crippen LogP contribution in [0.25, 0.3) is 0 Å². The summed E-state index contributed by atoms with van der Waals surface area (Å²) in [5.74, 6) is 1.19. The van der Waals surface area contributed by atoms with Gasteiger partial charge in [-0.15, -0.1) is 11.8 Å². The van der Waals surface area contributed by atoms with Crippen LogP contribution in [0.1, 0.15) is 12.5 Å². The van der Waals surface area contributed by atoms with E-state index in [1.807, 2.05) is 11.8 Å². The highest BCUT2D eigenvalue weighted by Crippen LogP contribution is 2.31. The third kappa shape index (κ3) is 1.44. The second-order valence-corrected chi connectivity index (χ2v) is 4.10. The van der Waals surface area contributed by atoms with Crippen LogP contribution in [0.2, 0.25) is 0 Å². The minimum Gasteiger partial charge on any atom is -0.383 e. The van der Waals surface area contributed by atoms with Gasteiger partial charge in [-0.2, -0.15) is 0 Å². The van der Waals surface area contributed by atoms with Gasteiger partial charge in [-0.25, -0.2) is 0 Å². The van der Waals surface area contributed by atoms with Crippen molar-refractivity contribution in [3.05, 3.63) is 23.8 Å². The van der Waals surface area contributed by atoms with Crippen LogP contribution >= 0.6 is 11.8 Å². The maximum absolute atomic E-state index is 3.42. The molecule has 0 bridgehead atoms. The summed E-state index contributed by atoms with van der Waals surface area (Å²) >= 11 is 1.95. The zero-order valence-electron chi connectivity index (χ0n) is 7.26. The molecule has 0 amide bonds. The minimum absolute atomic E-state index is 1.10. The monoisotopic (exact) mass is 179 g/mol. The van der Waals surface area contributed by atoms with E-state index in [2.05, 4.69) is 30.4 Å². The van der Waals surface area contributed by atoms with Crippen LogP contribution in [-0.4, -0.2) is 12.3 Å². The summed E-state index contributed by atoms with van der Waals surface area (Å²) in [6, 6.07) is 6.71. The van der Waals surface area contributed by atoms with Gasteiger partial charge in [-0.1, -0.05) is 13.0 Å². The SMILES string of the molecule is CCc1ccc2c(c1)NCCS2. The molecule has 0 saturated carbocycles. The molecule has 0 aliphatic carbocycles. The van der Waals surface area contributed by atoms with Crippen molar-refractivity contribution in [2.75, 3.05) is 17.6 Å². The Balaban J connectivity index is 2.36. The maximum Gasteiger partial charge on any atom is 0.0481 e. The lowest BCUT2D eigenvalue weighted by molar-refractivity contribution is 1.11. The third-order valence-corrected chi connectivity index (χ3v) is 3.20. The molecule has 1 aliphatic rings. The molecule has 0 radical (unpaired) electrons. The zero-order valence-corrected chi connectivity index (χ0v) is 8.08. The van der Waals surface area contributed by atoms with Crippen molar-refractivity contribution in [2.24, 2.45) is 0 Å². The second-order valence-electron chi connectivity index (χ2n) is 2.96. The minimum atomic E-state index is 1.10. The summed E-state index contributed by atoms with van der Waals surface area (Å²) in [5, 5.41) is 3.42. The highest BCUT2D eigenvalue weighted by Gasteiger charge is 2.07. The Morgan fingerprint density at radius 3 is 3.25 bits per heavy atom. The van der Waals surface area contributed by atoms with Crippen LogP contribution in [0.3, 0.4) is 0 Å². The summed E-state index contributed by atoms with van der Waals surface area (Å²) in [4.78, 5) is 1.40. The molecule has 1 heterocycles. The molecule has 12 heavy (non-hydrogen) atoms. The number of thioether (sulfide) groups is 1. The van der Waals surface area contributed by atoms with Gasteiger partial charge in [0.05, 0.1) is 0 Å². The summed E-state index contributed by atoms with van der Waals surface area (Å²) < 4.78 is 0. The predicted octanol–water partition coefficient (Wildman–Crippen LogP) is 2.77. The fourth-order valence-corrected chi connectivity index (χ4v) is 2.28. The average Bonchev–Trinajstić information content (AvgIpc) is 2.17. The molecule has 64 valence electrons. The standard InChI is InChI=1S/C10H13NS/c1-2-8-3-4-10-9(7-8)11-5-6-12-10/h3-4,7,11H,2,5-6H2,1H3. The lowest BCUT2D eigenvalue weighted by Gasteiger charge is -2.17. The van der Waals surface area contributed by atoms with E-state index in [1.54, 1.807) is 0 Å². The molecule has 1 nitrogen and oxygen atoms in total. The van der Waals surface area contributed by atoms with Crippen LogP contribution < -0.4 is 5.32 Å². The summed E-state index contributed by atoms with van der Waals surface area (Å²) in [6.45, 7) is 3.29. The van der Waals surface area contributed by atoms with Crippen molar-refractivity contribution in [1.29, 1.82) is 0 Å². The van der Waals surface area contributed by atoms with Gasteiger partial charge >= 0.3 is 0 Å². The predicted molar refractivity (Wildman–Crippen MR) is 55.0 cm³/mol. The molecule has 0 unspecified atom stereocenters. The van der Waals surface area contributed by atoms with Crippen LogP contribution in [0.4, 0.5) is 5.69 Å². The van der Waals surface area contributed by atoms with Gasteiger partial charge in [0.1, 0.15) is 0 Å². The highest BCUT2D eigenvalue weighted by molar-refractivity contribution is 7.99. The number of hydrogen-bond donors (Lipinski definition) is 1. The van der Waals surface area contributed by atoms with Crippen molar-refractivity contribution in [1.82, 2.24) is 0 Å². The first-order valence-corrected chi connectivity index (χ1v) is 5.38. The van der Waals surface area contributed by atoms with E-state index in [-0.39, 0.29) is 0 Å². The molecule has 0 aromatic heterocycles. The number of hydrogen-bond acceptors (Lipinski definition) is 2. The molecule has 2 rings (SSSR count). The molecule has 0 atom stereocenters. The van der Waals surface area contributed by atoms with E-state index in [0.29, 0.717) is 0 Å². The molecule has 1 N–H and O–H groups in total. The van der Waals surface area contributed by atoms with Crippen LogP contribution in [0.5, 0.6) is 0 Å². The number of rotatable bonds is 1. The Labute approximate surface area is 77.6 Å². The fourth-order valence-electron chi connectivity index (χ4n) is 1.41. The molecule has 1 aliphatic heterocycles. The van der Waals surface area contributed by atoms with Gasteiger partial charge < -0.3 is 5.32 Å². The van der Waals surface area contributed by atoms with Crippen molar-refractivity contribution >= 4 is 17.4 Å². The second kappa shape index (κ2) is 3.40. The molecular weight excluding hydrogens is 166 g/mol. The van der Waals surface area contributed by atoms with Gasteiger partial charge in [0, 0.05) is 22.9 Å². The Bertz CT molecular complexity index is 283. The Morgan fingerprint density at radius 1 is 1.50 bits per heavy atom. The van der Waals surface area contributed by atoms with E-state index in [1.165, 1.54) is 21.9 Å². The van der Waals surface area contributed by atoms with Gasteiger partial charge in [0.25, 0.3) is 0 Å². The van der Waals surface area contributed by atoms with Crippen LogP contribution in [0.15, 0.2) is 23.1 Å². The number of fused-ring (bicyclic) bond motifs is 1. The molecule has 1 aromatic rings. The third-order valence-electron chi connectivity index (χ3n) is 2.13. The first-order valence-electron chi connectivity index (χ1n) is 4.40. The highest BCUT2D eigenvalue weighted by atomic mass is 32.2. The zero-order chi connectivity index (χ0) is 8.39. The van der Waals surface area contributed by atoms with Crippen molar-refractivity contribution < 1.29 is 0 Å².